The molecule has 0 heterocycles. The van der Waals surface area contributed by atoms with Gasteiger partial charge in [-0.25, -0.2) is 0 Å². The van der Waals surface area contributed by atoms with E-state index in [2.05, 4.69) is 30.2 Å². The quantitative estimate of drug-likeness (QED) is 0.460. The molecular formula is C14H22NO3P. The molecular weight excluding hydrogens is 261 g/mol. The van der Waals surface area contributed by atoms with E-state index < -0.39 is 0 Å². The van der Waals surface area contributed by atoms with Crippen LogP contribution in [0.3, 0.4) is 0 Å². The fraction of sp³-hybridized carbons (Fsp3) is 0.571. The van der Waals surface area contributed by atoms with Gasteiger partial charge in [-0.1, -0.05) is 41.5 Å². The van der Waals surface area contributed by atoms with Gasteiger partial charge in [-0.2, -0.15) is 0 Å². The maximum absolute atomic E-state index is 11.2. The van der Waals surface area contributed by atoms with Gasteiger partial charge in [0.05, 0.1) is 20.5 Å². The Kier molecular flexibility index (Phi) is 4.26. The number of benzene rings is 1. The number of rotatable bonds is 2. The maximum Gasteiger partial charge on any atom is 0.276 e. The molecule has 4 nitrogen and oxygen atoms in total. The van der Waals surface area contributed by atoms with Gasteiger partial charge in [0.1, 0.15) is 5.75 Å². The van der Waals surface area contributed by atoms with Gasteiger partial charge in [0.2, 0.25) is 0 Å². The Morgan fingerprint density at radius 3 is 1.84 bits per heavy atom. The highest BCUT2D eigenvalue weighted by Crippen LogP contribution is 2.41. The molecule has 0 saturated carbocycles. The Morgan fingerprint density at radius 2 is 1.53 bits per heavy atom. The van der Waals surface area contributed by atoms with E-state index in [1.54, 1.807) is 0 Å². The normalized spacial score (nSPS) is 12.4. The maximum atomic E-state index is 11.2. The van der Waals surface area contributed by atoms with E-state index in [9.17, 15) is 10.1 Å². The molecule has 1 atom stereocenters. The molecule has 0 amide bonds. The number of nitrogens with zero attached hydrogens (tertiary/aromatic N) is 1. The van der Waals surface area contributed by atoms with Crippen molar-refractivity contribution in [3.63, 3.8) is 0 Å². The predicted octanol–water partition coefficient (Wildman–Crippen LogP) is 4.36. The standard InChI is InChI=1S/C14H22NO3P/c1-13(2,3)9-7-10(14(4,5)6)12(18-19)8-11(9)15(16)17/h7-8H,19H2,1-6H3. The van der Waals surface area contributed by atoms with Gasteiger partial charge in [-0.05, 0) is 16.9 Å². The molecule has 0 aliphatic rings. The van der Waals surface area contributed by atoms with Crippen molar-refractivity contribution in [2.75, 3.05) is 0 Å². The summed E-state index contributed by atoms with van der Waals surface area (Å²) in [6.07, 6.45) is 0. The molecule has 19 heavy (non-hydrogen) atoms. The van der Waals surface area contributed by atoms with Crippen molar-refractivity contribution in [2.45, 2.75) is 52.4 Å². The van der Waals surface area contributed by atoms with Crippen molar-refractivity contribution in [1.29, 1.82) is 0 Å². The molecule has 106 valence electrons. The molecule has 0 aromatic heterocycles. The van der Waals surface area contributed by atoms with E-state index >= 15 is 0 Å². The monoisotopic (exact) mass is 283 g/mol. The minimum atomic E-state index is -0.347. The van der Waals surface area contributed by atoms with Crippen LogP contribution in [0.2, 0.25) is 0 Å². The van der Waals surface area contributed by atoms with Crippen molar-refractivity contribution in [3.8, 4) is 5.75 Å². The summed E-state index contributed by atoms with van der Waals surface area (Å²) in [6, 6.07) is 3.42. The zero-order valence-corrected chi connectivity index (χ0v) is 13.6. The van der Waals surface area contributed by atoms with Gasteiger partial charge >= 0.3 is 0 Å². The number of hydrogen-bond donors (Lipinski definition) is 0. The van der Waals surface area contributed by atoms with Crippen LogP contribution in [0.4, 0.5) is 5.69 Å². The lowest BCUT2D eigenvalue weighted by atomic mass is 9.79. The molecule has 0 fully saturated rings. The van der Waals surface area contributed by atoms with Crippen molar-refractivity contribution in [1.82, 2.24) is 0 Å². The van der Waals surface area contributed by atoms with Crippen LogP contribution in [0, 0.1) is 10.1 Å². The lowest BCUT2D eigenvalue weighted by Gasteiger charge is -2.26. The summed E-state index contributed by atoms with van der Waals surface area (Å²) in [5, 5.41) is 11.2. The summed E-state index contributed by atoms with van der Waals surface area (Å²) in [7, 11) is 2.16. The molecule has 0 bridgehead atoms. The largest absolute Gasteiger partial charge is 0.480 e. The summed E-state index contributed by atoms with van der Waals surface area (Å²) in [4.78, 5) is 10.9. The zero-order chi connectivity index (χ0) is 15.0. The molecule has 1 aromatic rings. The molecule has 0 radical (unpaired) electrons. The van der Waals surface area contributed by atoms with Crippen LogP contribution in [0.1, 0.15) is 52.7 Å². The Hall–Kier alpha value is -1.15. The average molecular weight is 283 g/mol. The van der Waals surface area contributed by atoms with Crippen molar-refractivity contribution < 1.29 is 9.45 Å². The van der Waals surface area contributed by atoms with Crippen molar-refractivity contribution in [2.24, 2.45) is 0 Å². The van der Waals surface area contributed by atoms with E-state index in [4.69, 9.17) is 4.52 Å². The number of nitro groups is 1. The Bertz CT molecular complexity index is 499. The van der Waals surface area contributed by atoms with Gasteiger partial charge < -0.3 is 4.52 Å². The van der Waals surface area contributed by atoms with Crippen LogP contribution in [0.15, 0.2) is 12.1 Å². The second kappa shape index (κ2) is 5.09. The van der Waals surface area contributed by atoms with Gasteiger partial charge in [0.15, 0.2) is 0 Å². The Balaban J connectivity index is 3.67. The fourth-order valence-electron chi connectivity index (χ4n) is 2.00. The summed E-state index contributed by atoms with van der Waals surface area (Å²) in [5.74, 6) is 0.539. The topological polar surface area (TPSA) is 52.4 Å². The van der Waals surface area contributed by atoms with Crippen molar-refractivity contribution >= 4 is 15.2 Å². The summed E-state index contributed by atoms with van der Waals surface area (Å²) >= 11 is 0. The lowest BCUT2D eigenvalue weighted by molar-refractivity contribution is -0.386. The first-order chi connectivity index (χ1) is 8.48. The third-order valence-corrected chi connectivity index (χ3v) is 3.29. The molecule has 0 saturated heterocycles. The minimum Gasteiger partial charge on any atom is -0.480 e. The number of nitro benzene ring substituents is 1. The van der Waals surface area contributed by atoms with E-state index in [1.165, 1.54) is 6.07 Å². The first-order valence-corrected chi connectivity index (χ1v) is 6.65. The SMILES string of the molecule is CC(C)(C)c1cc(C(C)(C)C)c([N+](=O)[O-])cc1OP. The summed E-state index contributed by atoms with van der Waals surface area (Å²) in [6.45, 7) is 12.1. The van der Waals surface area contributed by atoms with Crippen LogP contribution in [-0.2, 0) is 10.8 Å². The zero-order valence-electron chi connectivity index (χ0n) is 12.4. The lowest BCUT2D eigenvalue weighted by Crippen LogP contribution is -2.18. The number of hydrogen-bond acceptors (Lipinski definition) is 3. The Labute approximate surface area is 117 Å². The molecule has 0 spiro atoms. The van der Waals surface area contributed by atoms with Gasteiger partial charge in [-0.15, -0.1) is 0 Å². The van der Waals surface area contributed by atoms with Gasteiger partial charge in [-0.3, -0.25) is 10.1 Å². The molecule has 0 N–H and O–H groups in total. The summed E-state index contributed by atoms with van der Waals surface area (Å²) in [5.41, 5.74) is 1.38. The predicted molar refractivity (Wildman–Crippen MR) is 80.8 cm³/mol. The molecule has 0 aliphatic carbocycles. The third kappa shape index (κ3) is 3.44. The van der Waals surface area contributed by atoms with E-state index in [-0.39, 0.29) is 21.4 Å². The fourth-order valence-corrected chi connectivity index (χ4v) is 2.20. The minimum absolute atomic E-state index is 0.109. The first kappa shape index (κ1) is 15.9. The first-order valence-electron chi connectivity index (χ1n) is 6.18. The van der Waals surface area contributed by atoms with Crippen LogP contribution in [-0.4, -0.2) is 4.92 Å². The van der Waals surface area contributed by atoms with E-state index in [0.717, 1.165) is 11.1 Å². The van der Waals surface area contributed by atoms with Crippen LogP contribution < -0.4 is 4.52 Å². The van der Waals surface area contributed by atoms with Crippen molar-refractivity contribution in [3.05, 3.63) is 33.4 Å². The average Bonchev–Trinajstić information content (AvgIpc) is 2.24. The highest BCUT2D eigenvalue weighted by Gasteiger charge is 2.30. The van der Waals surface area contributed by atoms with E-state index in [0.29, 0.717) is 5.75 Å². The van der Waals surface area contributed by atoms with Crippen LogP contribution >= 0.6 is 9.47 Å². The third-order valence-electron chi connectivity index (χ3n) is 3.04. The highest BCUT2D eigenvalue weighted by atomic mass is 31.0. The second-order valence-corrected chi connectivity index (χ2v) is 6.98. The molecule has 1 unspecified atom stereocenters. The smallest absolute Gasteiger partial charge is 0.276 e. The molecule has 5 heteroatoms. The Morgan fingerprint density at radius 1 is 1.05 bits per heavy atom. The van der Waals surface area contributed by atoms with Gasteiger partial charge in [0.25, 0.3) is 5.69 Å². The van der Waals surface area contributed by atoms with Gasteiger partial charge in [0, 0.05) is 11.1 Å². The van der Waals surface area contributed by atoms with Crippen LogP contribution in [0.5, 0.6) is 5.75 Å². The molecule has 0 aliphatic heterocycles. The second-order valence-electron chi connectivity index (χ2n) is 6.74. The highest BCUT2D eigenvalue weighted by molar-refractivity contribution is 7.10. The van der Waals surface area contributed by atoms with E-state index in [1.807, 2.05) is 26.8 Å². The molecule has 1 aromatic carbocycles. The van der Waals surface area contributed by atoms with Crippen LogP contribution in [0.25, 0.3) is 0 Å². The summed E-state index contributed by atoms with van der Waals surface area (Å²) < 4.78 is 5.24. The molecule has 1 rings (SSSR count).